The Morgan fingerprint density at radius 1 is 0.733 bits per heavy atom. The van der Waals surface area contributed by atoms with Crippen LogP contribution in [0.2, 0.25) is 0 Å². The van der Waals surface area contributed by atoms with Crippen molar-refractivity contribution in [1.29, 1.82) is 0 Å². The molecule has 0 atom stereocenters. The summed E-state index contributed by atoms with van der Waals surface area (Å²) in [5.74, 6) is 2.28. The molecule has 2 heteroatoms. The monoisotopic (exact) mass is 211 g/mol. The largest absolute Gasteiger partial charge is 0.372 e. The third-order valence-electron chi connectivity index (χ3n) is 3.97. The summed E-state index contributed by atoms with van der Waals surface area (Å²) < 4.78 is 0. The van der Waals surface area contributed by atoms with Gasteiger partial charge in [0.2, 0.25) is 6.41 Å². The Balaban J connectivity index is 0.000000337. The summed E-state index contributed by atoms with van der Waals surface area (Å²) in [6, 6.07) is 0. The summed E-state index contributed by atoms with van der Waals surface area (Å²) in [5, 5.41) is 0. The van der Waals surface area contributed by atoms with Gasteiger partial charge in [0, 0.05) is 0 Å². The zero-order valence-corrected chi connectivity index (χ0v) is 9.79. The first-order valence-electron chi connectivity index (χ1n) is 6.54. The molecule has 2 rings (SSSR count). The maximum atomic E-state index is 8.58. The highest BCUT2D eigenvalue weighted by Crippen LogP contribution is 2.37. The van der Waals surface area contributed by atoms with Gasteiger partial charge in [-0.05, 0) is 11.8 Å². The Hall–Kier alpha value is -0.530. The first-order chi connectivity index (χ1) is 7.38. The second-order valence-corrected chi connectivity index (χ2v) is 4.93. The summed E-state index contributed by atoms with van der Waals surface area (Å²) in [6.45, 7) is 0. The molecule has 88 valence electrons. The van der Waals surface area contributed by atoms with Crippen molar-refractivity contribution in [2.75, 3.05) is 0 Å². The van der Waals surface area contributed by atoms with Crippen molar-refractivity contribution in [3.8, 4) is 0 Å². The van der Waals surface area contributed by atoms with E-state index >= 15 is 0 Å². The number of hydrogen-bond donors (Lipinski definition) is 1. The van der Waals surface area contributed by atoms with Crippen LogP contribution in [0.1, 0.15) is 64.2 Å². The highest BCUT2D eigenvalue weighted by molar-refractivity contribution is 5.42. The second-order valence-electron chi connectivity index (χ2n) is 4.93. The van der Waals surface area contributed by atoms with Crippen molar-refractivity contribution in [2.45, 2.75) is 64.2 Å². The Kier molecular flexibility index (Phi) is 6.45. The molecule has 0 aromatic rings. The summed E-state index contributed by atoms with van der Waals surface area (Å²) in [4.78, 5) is 8.58. The predicted octanol–water partition coefficient (Wildman–Crippen LogP) is 3.25. The SMILES string of the molecule is C1CCC(C2CCCCC2)CC1.NC=O. The van der Waals surface area contributed by atoms with Gasteiger partial charge in [-0.15, -0.1) is 0 Å². The molecule has 2 aliphatic carbocycles. The van der Waals surface area contributed by atoms with Gasteiger partial charge in [-0.3, -0.25) is 4.79 Å². The van der Waals surface area contributed by atoms with Gasteiger partial charge in [0.25, 0.3) is 0 Å². The summed E-state index contributed by atoms with van der Waals surface area (Å²) >= 11 is 0. The Bertz CT molecular complexity index is 142. The summed E-state index contributed by atoms with van der Waals surface area (Å²) in [5.41, 5.74) is 4.17. The molecule has 15 heavy (non-hydrogen) atoms. The molecule has 2 N–H and O–H groups in total. The van der Waals surface area contributed by atoms with Crippen LogP contribution in [0, 0.1) is 11.8 Å². The maximum absolute atomic E-state index is 8.58. The van der Waals surface area contributed by atoms with Crippen LogP contribution in [0.5, 0.6) is 0 Å². The van der Waals surface area contributed by atoms with Crippen LogP contribution in [-0.4, -0.2) is 6.41 Å². The molecule has 0 spiro atoms. The van der Waals surface area contributed by atoms with Crippen LogP contribution in [0.4, 0.5) is 0 Å². The number of hydrogen-bond acceptors (Lipinski definition) is 1. The molecule has 2 fully saturated rings. The standard InChI is InChI=1S/C12H22.CH3NO/c1-3-7-11(8-4-1)12-9-5-2-6-10-12;2-1-3/h11-12H,1-10H2;1H,(H2,2,3). The first kappa shape index (κ1) is 12.5. The van der Waals surface area contributed by atoms with Crippen LogP contribution in [0.15, 0.2) is 0 Å². The van der Waals surface area contributed by atoms with Crippen molar-refractivity contribution >= 4 is 6.41 Å². The quantitative estimate of drug-likeness (QED) is 0.665. The lowest BCUT2D eigenvalue weighted by Gasteiger charge is -2.32. The van der Waals surface area contributed by atoms with E-state index in [2.05, 4.69) is 5.73 Å². The van der Waals surface area contributed by atoms with Gasteiger partial charge in [0.1, 0.15) is 0 Å². The van der Waals surface area contributed by atoms with E-state index in [0.29, 0.717) is 0 Å². The molecule has 0 radical (unpaired) electrons. The zero-order valence-electron chi connectivity index (χ0n) is 9.79. The van der Waals surface area contributed by atoms with E-state index in [1.54, 1.807) is 25.7 Å². The predicted molar refractivity (Wildman–Crippen MR) is 63.4 cm³/mol. The molecule has 1 amide bonds. The van der Waals surface area contributed by atoms with Crippen LogP contribution >= 0.6 is 0 Å². The smallest absolute Gasteiger partial charge is 0.204 e. The number of nitrogens with two attached hydrogens (primary N) is 1. The number of primary amides is 1. The zero-order chi connectivity index (χ0) is 10.9. The van der Waals surface area contributed by atoms with E-state index in [0.717, 1.165) is 11.8 Å². The van der Waals surface area contributed by atoms with Crippen LogP contribution in [-0.2, 0) is 4.79 Å². The van der Waals surface area contributed by atoms with Gasteiger partial charge >= 0.3 is 0 Å². The summed E-state index contributed by atoms with van der Waals surface area (Å²) in [6.07, 6.45) is 15.6. The highest BCUT2D eigenvalue weighted by atomic mass is 16.1. The maximum Gasteiger partial charge on any atom is 0.204 e. The highest BCUT2D eigenvalue weighted by Gasteiger charge is 2.24. The Labute approximate surface area is 93.6 Å². The van der Waals surface area contributed by atoms with Gasteiger partial charge in [0.05, 0.1) is 0 Å². The van der Waals surface area contributed by atoms with E-state index in [4.69, 9.17) is 4.79 Å². The van der Waals surface area contributed by atoms with Gasteiger partial charge in [-0.2, -0.15) is 0 Å². The minimum absolute atomic E-state index is 0.250. The first-order valence-corrected chi connectivity index (χ1v) is 6.54. The van der Waals surface area contributed by atoms with Gasteiger partial charge in [0.15, 0.2) is 0 Å². The van der Waals surface area contributed by atoms with Crippen LogP contribution in [0.25, 0.3) is 0 Å². The van der Waals surface area contributed by atoms with E-state index in [1.807, 2.05) is 0 Å². The van der Waals surface area contributed by atoms with E-state index in [-0.39, 0.29) is 6.41 Å². The molecule has 2 saturated carbocycles. The number of carbonyl (C=O) groups excluding carboxylic acids is 1. The molecule has 0 saturated heterocycles. The molecular formula is C13H25NO. The minimum atomic E-state index is 0.250. The molecule has 0 aromatic carbocycles. The van der Waals surface area contributed by atoms with Crippen molar-refractivity contribution in [3.05, 3.63) is 0 Å². The fourth-order valence-corrected chi connectivity index (χ4v) is 3.21. The average molecular weight is 211 g/mol. The lowest BCUT2D eigenvalue weighted by atomic mass is 9.73. The molecule has 0 aliphatic heterocycles. The fourth-order valence-electron chi connectivity index (χ4n) is 3.21. The van der Waals surface area contributed by atoms with E-state index in [1.165, 1.54) is 38.5 Å². The number of carbonyl (C=O) groups is 1. The van der Waals surface area contributed by atoms with Gasteiger partial charge in [-0.25, -0.2) is 0 Å². The van der Waals surface area contributed by atoms with E-state index in [9.17, 15) is 0 Å². The third kappa shape index (κ3) is 4.67. The van der Waals surface area contributed by atoms with Crippen molar-refractivity contribution < 1.29 is 4.79 Å². The Morgan fingerprint density at radius 2 is 1.00 bits per heavy atom. The van der Waals surface area contributed by atoms with Gasteiger partial charge < -0.3 is 5.73 Å². The molecule has 2 nitrogen and oxygen atoms in total. The van der Waals surface area contributed by atoms with Crippen molar-refractivity contribution in [3.63, 3.8) is 0 Å². The summed E-state index contributed by atoms with van der Waals surface area (Å²) in [7, 11) is 0. The molecule has 0 aromatic heterocycles. The molecule has 0 bridgehead atoms. The van der Waals surface area contributed by atoms with E-state index < -0.39 is 0 Å². The second kappa shape index (κ2) is 7.72. The lowest BCUT2D eigenvalue weighted by molar-refractivity contribution is -0.106. The molecular weight excluding hydrogens is 186 g/mol. The van der Waals surface area contributed by atoms with Gasteiger partial charge in [-0.1, -0.05) is 64.2 Å². The van der Waals surface area contributed by atoms with Crippen molar-refractivity contribution in [1.82, 2.24) is 0 Å². The normalized spacial score (nSPS) is 24.0. The van der Waals surface area contributed by atoms with Crippen LogP contribution < -0.4 is 5.73 Å². The topological polar surface area (TPSA) is 43.1 Å². The van der Waals surface area contributed by atoms with Crippen LogP contribution in [0.3, 0.4) is 0 Å². The Morgan fingerprint density at radius 3 is 1.27 bits per heavy atom. The minimum Gasteiger partial charge on any atom is -0.372 e. The third-order valence-corrected chi connectivity index (χ3v) is 3.97. The fraction of sp³-hybridized carbons (Fsp3) is 0.923. The number of rotatable bonds is 1. The molecule has 2 aliphatic rings. The molecule has 0 unspecified atom stereocenters. The van der Waals surface area contributed by atoms with Crippen molar-refractivity contribution in [2.24, 2.45) is 17.6 Å². The average Bonchev–Trinajstić information content (AvgIpc) is 2.32. The lowest BCUT2D eigenvalue weighted by Crippen LogP contribution is -2.20. The molecule has 0 heterocycles. The number of amides is 1.